The molecule has 0 unspecified atom stereocenters. The van der Waals surface area contributed by atoms with E-state index in [1.165, 1.54) is 17.7 Å². The molecule has 1 amide bonds. The molecule has 7 heteroatoms. The zero-order valence-corrected chi connectivity index (χ0v) is 15.2. The monoisotopic (exact) mass is 354 g/mol. The van der Waals surface area contributed by atoms with E-state index in [0.717, 1.165) is 76.4 Å². The van der Waals surface area contributed by atoms with Crippen molar-refractivity contribution in [3.8, 4) is 0 Å². The second-order valence-electron chi connectivity index (χ2n) is 7.70. The fourth-order valence-corrected chi connectivity index (χ4v) is 4.52. The Kier molecular flexibility index (Phi) is 4.04. The summed E-state index contributed by atoms with van der Waals surface area (Å²) >= 11 is 0. The Morgan fingerprint density at radius 3 is 2.77 bits per heavy atom. The molecule has 2 aromatic heterocycles. The molecule has 7 nitrogen and oxygen atoms in total. The minimum atomic E-state index is 0.131. The molecule has 0 bridgehead atoms. The normalized spacial score (nSPS) is 21.4. The van der Waals surface area contributed by atoms with Gasteiger partial charge in [0.1, 0.15) is 5.82 Å². The maximum atomic E-state index is 12.8. The van der Waals surface area contributed by atoms with Gasteiger partial charge in [-0.05, 0) is 32.2 Å². The van der Waals surface area contributed by atoms with Crippen LogP contribution in [0.25, 0.3) is 5.65 Å². The van der Waals surface area contributed by atoms with Crippen LogP contribution < -0.4 is 10.2 Å². The van der Waals surface area contributed by atoms with Crippen molar-refractivity contribution in [3.63, 3.8) is 0 Å². The number of piperidine rings is 1. The van der Waals surface area contributed by atoms with Crippen LogP contribution in [0.5, 0.6) is 0 Å². The molecule has 5 rings (SSSR count). The van der Waals surface area contributed by atoms with Gasteiger partial charge < -0.3 is 15.1 Å². The van der Waals surface area contributed by atoms with Gasteiger partial charge >= 0.3 is 0 Å². The molecule has 0 aromatic carbocycles. The molecule has 0 saturated carbocycles. The first kappa shape index (κ1) is 16.1. The summed E-state index contributed by atoms with van der Waals surface area (Å²) < 4.78 is 1.96. The summed E-state index contributed by atoms with van der Waals surface area (Å²) in [5, 5.41) is 7.98. The zero-order chi connectivity index (χ0) is 17.5. The smallest absolute Gasteiger partial charge is 0.229 e. The number of carbonyl (C=O) groups is 1. The van der Waals surface area contributed by atoms with E-state index in [0.29, 0.717) is 5.91 Å². The Bertz CT molecular complexity index is 819. The Morgan fingerprint density at radius 1 is 1.12 bits per heavy atom. The van der Waals surface area contributed by atoms with Gasteiger partial charge in [0.15, 0.2) is 5.65 Å². The minimum absolute atomic E-state index is 0.131. The summed E-state index contributed by atoms with van der Waals surface area (Å²) in [5.74, 6) is 1.63. The van der Waals surface area contributed by atoms with Crippen LogP contribution in [0.15, 0.2) is 12.3 Å². The second kappa shape index (κ2) is 6.54. The average molecular weight is 354 g/mol. The van der Waals surface area contributed by atoms with Gasteiger partial charge in [0.2, 0.25) is 5.91 Å². The van der Waals surface area contributed by atoms with Crippen molar-refractivity contribution >= 4 is 17.4 Å². The van der Waals surface area contributed by atoms with Crippen LogP contribution in [-0.2, 0) is 17.6 Å². The fourth-order valence-electron chi connectivity index (χ4n) is 4.52. The van der Waals surface area contributed by atoms with Crippen LogP contribution in [-0.4, -0.2) is 64.7 Å². The largest absolute Gasteiger partial charge is 0.354 e. The van der Waals surface area contributed by atoms with E-state index in [9.17, 15) is 4.79 Å². The number of nitrogens with one attached hydrogen (secondary N) is 1. The molecule has 26 heavy (non-hydrogen) atoms. The minimum Gasteiger partial charge on any atom is -0.354 e. The standard InChI is InChI=1S/C19H26N6O/c26-19(23-10-2-1-3-11-23)14-12-24(13-14)18-15-4-7-20-8-5-16(15)22-17-6-9-21-25(17)18/h6,9,14,20H,1-5,7-8,10-13H2. The lowest BCUT2D eigenvalue weighted by molar-refractivity contribution is -0.137. The number of carbonyl (C=O) groups excluding carboxylic acids is 1. The van der Waals surface area contributed by atoms with Crippen molar-refractivity contribution in [2.75, 3.05) is 44.2 Å². The summed E-state index contributed by atoms with van der Waals surface area (Å²) in [6, 6.07) is 1.97. The van der Waals surface area contributed by atoms with E-state index in [-0.39, 0.29) is 5.92 Å². The number of aromatic nitrogens is 3. The predicted octanol–water partition coefficient (Wildman–Crippen LogP) is 0.866. The molecule has 3 aliphatic heterocycles. The van der Waals surface area contributed by atoms with Gasteiger partial charge in [-0.2, -0.15) is 9.61 Å². The van der Waals surface area contributed by atoms with Crippen LogP contribution in [0.3, 0.4) is 0 Å². The highest BCUT2D eigenvalue weighted by Crippen LogP contribution is 2.32. The Balaban J connectivity index is 1.41. The van der Waals surface area contributed by atoms with Gasteiger partial charge in [0, 0.05) is 50.8 Å². The molecule has 1 N–H and O–H groups in total. The fraction of sp³-hybridized carbons (Fsp3) is 0.632. The lowest BCUT2D eigenvalue weighted by atomic mass is 9.95. The number of likely N-dealkylation sites (tertiary alicyclic amines) is 1. The van der Waals surface area contributed by atoms with Crippen LogP contribution in [0.2, 0.25) is 0 Å². The highest BCUT2D eigenvalue weighted by atomic mass is 16.2. The predicted molar refractivity (Wildman–Crippen MR) is 99.4 cm³/mol. The summed E-state index contributed by atoms with van der Waals surface area (Å²) in [7, 11) is 0. The van der Waals surface area contributed by atoms with E-state index < -0.39 is 0 Å². The molecule has 138 valence electrons. The Labute approximate surface area is 153 Å². The molecular weight excluding hydrogens is 328 g/mol. The molecule has 3 aliphatic rings. The molecule has 0 spiro atoms. The molecule has 5 heterocycles. The Hall–Kier alpha value is -2.15. The van der Waals surface area contributed by atoms with Crippen LogP contribution in [0, 0.1) is 5.92 Å². The summed E-state index contributed by atoms with van der Waals surface area (Å²) in [6.07, 6.45) is 7.30. The van der Waals surface area contributed by atoms with Crippen molar-refractivity contribution in [2.45, 2.75) is 32.1 Å². The summed E-state index contributed by atoms with van der Waals surface area (Å²) in [4.78, 5) is 22.0. The molecule has 2 saturated heterocycles. The Morgan fingerprint density at radius 2 is 1.92 bits per heavy atom. The van der Waals surface area contributed by atoms with Gasteiger partial charge in [-0.25, -0.2) is 4.98 Å². The van der Waals surface area contributed by atoms with Gasteiger partial charge in [0.05, 0.1) is 17.8 Å². The number of hydrogen-bond acceptors (Lipinski definition) is 5. The molecule has 0 aliphatic carbocycles. The molecule has 0 atom stereocenters. The molecule has 2 aromatic rings. The van der Waals surface area contributed by atoms with Crippen LogP contribution >= 0.6 is 0 Å². The number of hydrogen-bond donors (Lipinski definition) is 1. The van der Waals surface area contributed by atoms with Gasteiger partial charge in [-0.3, -0.25) is 4.79 Å². The van der Waals surface area contributed by atoms with E-state index in [1.807, 2.05) is 16.8 Å². The third-order valence-corrected chi connectivity index (χ3v) is 5.98. The molecular formula is C19H26N6O. The number of nitrogens with zero attached hydrogens (tertiary/aromatic N) is 5. The summed E-state index contributed by atoms with van der Waals surface area (Å²) in [6.45, 7) is 5.42. The third-order valence-electron chi connectivity index (χ3n) is 5.98. The maximum Gasteiger partial charge on any atom is 0.229 e. The quantitative estimate of drug-likeness (QED) is 0.867. The van der Waals surface area contributed by atoms with Crippen molar-refractivity contribution in [1.82, 2.24) is 24.8 Å². The van der Waals surface area contributed by atoms with E-state index in [4.69, 9.17) is 4.98 Å². The lowest BCUT2D eigenvalue weighted by Crippen LogP contribution is -2.56. The van der Waals surface area contributed by atoms with E-state index >= 15 is 0 Å². The highest BCUT2D eigenvalue weighted by Gasteiger charge is 2.38. The third kappa shape index (κ3) is 2.65. The van der Waals surface area contributed by atoms with Crippen LogP contribution in [0.4, 0.5) is 5.82 Å². The van der Waals surface area contributed by atoms with Gasteiger partial charge in [-0.15, -0.1) is 0 Å². The van der Waals surface area contributed by atoms with Gasteiger partial charge in [0.25, 0.3) is 0 Å². The number of rotatable bonds is 2. The zero-order valence-electron chi connectivity index (χ0n) is 15.2. The van der Waals surface area contributed by atoms with Crippen molar-refractivity contribution in [1.29, 1.82) is 0 Å². The second-order valence-corrected chi connectivity index (χ2v) is 7.70. The highest BCUT2D eigenvalue weighted by molar-refractivity contribution is 5.82. The number of amides is 1. The topological polar surface area (TPSA) is 65.8 Å². The number of anilines is 1. The SMILES string of the molecule is O=C(C1CN(c2c3c(nc4ccnn24)CCNCC3)C1)N1CCCCC1. The number of fused-ring (bicyclic) bond motifs is 2. The first-order valence-corrected chi connectivity index (χ1v) is 9.91. The van der Waals surface area contributed by atoms with E-state index in [1.54, 1.807) is 0 Å². The maximum absolute atomic E-state index is 12.8. The lowest BCUT2D eigenvalue weighted by Gasteiger charge is -2.43. The first-order chi connectivity index (χ1) is 12.8. The summed E-state index contributed by atoms with van der Waals surface area (Å²) in [5.41, 5.74) is 3.39. The molecule has 0 radical (unpaired) electrons. The first-order valence-electron chi connectivity index (χ1n) is 9.91. The molecule has 2 fully saturated rings. The van der Waals surface area contributed by atoms with Crippen molar-refractivity contribution in [3.05, 3.63) is 23.5 Å². The van der Waals surface area contributed by atoms with E-state index in [2.05, 4.69) is 20.2 Å². The van der Waals surface area contributed by atoms with Gasteiger partial charge in [-0.1, -0.05) is 0 Å². The van der Waals surface area contributed by atoms with Crippen molar-refractivity contribution < 1.29 is 4.79 Å². The van der Waals surface area contributed by atoms with Crippen LogP contribution in [0.1, 0.15) is 30.5 Å². The van der Waals surface area contributed by atoms with Crippen molar-refractivity contribution in [2.24, 2.45) is 5.92 Å². The average Bonchev–Trinajstić information content (AvgIpc) is 2.97.